The SMILES string of the molecule is COc1ccc(Cl)cc1C1(c2ccc(C)cc2)C=C(N)NC(N)=C1. The number of hydrogen-bond donors (Lipinski definition) is 3. The zero-order chi connectivity index (χ0) is 17.3. The smallest absolute Gasteiger partial charge is 0.123 e. The van der Waals surface area contributed by atoms with Crippen LogP contribution in [0.15, 0.2) is 66.3 Å². The molecule has 1 aliphatic rings. The van der Waals surface area contributed by atoms with Crippen molar-refractivity contribution in [3.8, 4) is 5.75 Å². The van der Waals surface area contributed by atoms with E-state index in [4.69, 9.17) is 27.8 Å². The van der Waals surface area contributed by atoms with Crippen molar-refractivity contribution in [3.05, 3.63) is 88.0 Å². The summed E-state index contributed by atoms with van der Waals surface area (Å²) in [6, 6.07) is 13.8. The maximum atomic E-state index is 6.27. The van der Waals surface area contributed by atoms with Gasteiger partial charge in [-0.3, -0.25) is 0 Å². The molecule has 0 bridgehead atoms. The van der Waals surface area contributed by atoms with Crippen LogP contribution in [0.1, 0.15) is 16.7 Å². The number of nitrogens with one attached hydrogen (secondary N) is 1. The first-order valence-electron chi connectivity index (χ1n) is 7.59. The van der Waals surface area contributed by atoms with Crippen molar-refractivity contribution in [1.82, 2.24) is 5.32 Å². The summed E-state index contributed by atoms with van der Waals surface area (Å²) in [6.07, 6.45) is 3.87. The van der Waals surface area contributed by atoms with Crippen LogP contribution in [0, 0.1) is 6.92 Å². The molecule has 0 saturated carbocycles. The third kappa shape index (κ3) is 2.81. The number of ether oxygens (including phenoxy) is 1. The first kappa shape index (κ1) is 16.3. The lowest BCUT2D eigenvalue weighted by atomic mass is 9.72. The van der Waals surface area contributed by atoms with E-state index >= 15 is 0 Å². The van der Waals surface area contributed by atoms with Crippen LogP contribution in [0.3, 0.4) is 0 Å². The largest absolute Gasteiger partial charge is 0.496 e. The molecule has 124 valence electrons. The number of rotatable bonds is 3. The standard InChI is InChI=1S/C19H20ClN3O/c1-12-3-5-13(6-4-12)19(10-17(21)23-18(22)11-19)15-9-14(20)7-8-16(15)24-2/h3-11,23H,21-22H2,1-2H3. The van der Waals surface area contributed by atoms with E-state index in [9.17, 15) is 0 Å². The first-order valence-corrected chi connectivity index (χ1v) is 7.97. The summed E-state index contributed by atoms with van der Waals surface area (Å²) < 4.78 is 5.58. The number of halogens is 1. The highest BCUT2D eigenvalue weighted by atomic mass is 35.5. The Morgan fingerprint density at radius 1 is 1.00 bits per heavy atom. The van der Waals surface area contributed by atoms with Gasteiger partial charge in [-0.2, -0.15) is 0 Å². The Morgan fingerprint density at radius 3 is 2.21 bits per heavy atom. The number of dihydropyridines is 1. The van der Waals surface area contributed by atoms with Gasteiger partial charge in [0, 0.05) is 10.6 Å². The molecule has 24 heavy (non-hydrogen) atoms. The molecule has 1 aliphatic heterocycles. The number of methoxy groups -OCH3 is 1. The second-order valence-electron chi connectivity index (χ2n) is 5.90. The second kappa shape index (κ2) is 6.13. The topological polar surface area (TPSA) is 73.3 Å². The van der Waals surface area contributed by atoms with Crippen LogP contribution in [0.2, 0.25) is 5.02 Å². The lowest BCUT2D eigenvalue weighted by molar-refractivity contribution is 0.405. The highest BCUT2D eigenvalue weighted by Gasteiger charge is 2.36. The molecule has 2 aromatic carbocycles. The van der Waals surface area contributed by atoms with Crippen molar-refractivity contribution in [1.29, 1.82) is 0 Å². The van der Waals surface area contributed by atoms with Crippen LogP contribution < -0.4 is 21.5 Å². The average molecular weight is 342 g/mol. The van der Waals surface area contributed by atoms with Gasteiger partial charge in [-0.25, -0.2) is 0 Å². The number of benzene rings is 2. The maximum absolute atomic E-state index is 6.27. The fraction of sp³-hybridized carbons (Fsp3) is 0.158. The van der Waals surface area contributed by atoms with Gasteiger partial charge < -0.3 is 21.5 Å². The zero-order valence-corrected chi connectivity index (χ0v) is 14.4. The summed E-state index contributed by atoms with van der Waals surface area (Å²) in [5.41, 5.74) is 14.6. The summed E-state index contributed by atoms with van der Waals surface area (Å²) in [7, 11) is 1.64. The van der Waals surface area contributed by atoms with Crippen LogP contribution in [0.25, 0.3) is 0 Å². The monoisotopic (exact) mass is 341 g/mol. The number of hydrogen-bond acceptors (Lipinski definition) is 4. The van der Waals surface area contributed by atoms with Crippen molar-refractivity contribution < 1.29 is 4.74 Å². The molecule has 0 fully saturated rings. The number of allylic oxidation sites excluding steroid dienone is 2. The van der Waals surface area contributed by atoms with E-state index in [1.807, 2.05) is 31.2 Å². The Hall–Kier alpha value is -2.59. The highest BCUT2D eigenvalue weighted by Crippen LogP contribution is 2.43. The van der Waals surface area contributed by atoms with E-state index in [0.29, 0.717) is 16.7 Å². The fourth-order valence-corrected chi connectivity index (χ4v) is 3.25. The molecule has 4 nitrogen and oxygen atoms in total. The van der Waals surface area contributed by atoms with E-state index < -0.39 is 5.41 Å². The van der Waals surface area contributed by atoms with E-state index in [0.717, 1.165) is 16.9 Å². The first-order chi connectivity index (χ1) is 11.4. The van der Waals surface area contributed by atoms with Crippen LogP contribution in [-0.2, 0) is 5.41 Å². The minimum absolute atomic E-state index is 0.484. The van der Waals surface area contributed by atoms with E-state index in [-0.39, 0.29) is 0 Å². The second-order valence-corrected chi connectivity index (χ2v) is 6.34. The van der Waals surface area contributed by atoms with Gasteiger partial charge in [0.15, 0.2) is 0 Å². The molecule has 0 saturated heterocycles. The molecule has 3 rings (SSSR count). The summed E-state index contributed by atoms with van der Waals surface area (Å²) in [4.78, 5) is 0. The molecule has 1 heterocycles. The number of nitrogens with two attached hydrogens (primary N) is 2. The van der Waals surface area contributed by atoms with E-state index in [1.54, 1.807) is 13.2 Å². The predicted octanol–water partition coefficient (Wildman–Crippen LogP) is 3.15. The molecule has 0 radical (unpaired) electrons. The summed E-state index contributed by atoms with van der Waals surface area (Å²) >= 11 is 6.27. The predicted molar refractivity (Wildman–Crippen MR) is 97.6 cm³/mol. The van der Waals surface area contributed by atoms with Crippen molar-refractivity contribution in [2.75, 3.05) is 7.11 Å². The molecular weight excluding hydrogens is 322 g/mol. The maximum Gasteiger partial charge on any atom is 0.123 e. The molecule has 0 unspecified atom stereocenters. The van der Waals surface area contributed by atoms with Gasteiger partial charge in [0.2, 0.25) is 0 Å². The zero-order valence-electron chi connectivity index (χ0n) is 13.6. The summed E-state index contributed by atoms with van der Waals surface area (Å²) in [5.74, 6) is 1.69. The number of aryl methyl sites for hydroxylation is 1. The summed E-state index contributed by atoms with van der Waals surface area (Å²) in [6.45, 7) is 2.05. The Morgan fingerprint density at radius 2 is 1.62 bits per heavy atom. The van der Waals surface area contributed by atoms with Crippen molar-refractivity contribution in [2.45, 2.75) is 12.3 Å². The van der Waals surface area contributed by atoms with Crippen LogP contribution in [0.4, 0.5) is 0 Å². The average Bonchev–Trinajstić information content (AvgIpc) is 2.54. The molecule has 0 aliphatic carbocycles. The van der Waals surface area contributed by atoms with Gasteiger partial charge in [0.1, 0.15) is 5.75 Å². The van der Waals surface area contributed by atoms with Gasteiger partial charge >= 0.3 is 0 Å². The van der Waals surface area contributed by atoms with Crippen LogP contribution >= 0.6 is 11.6 Å². The Balaban J connectivity index is 2.34. The lowest BCUT2D eigenvalue weighted by Crippen LogP contribution is -2.37. The molecule has 0 aromatic heterocycles. The van der Waals surface area contributed by atoms with Crippen LogP contribution in [0.5, 0.6) is 5.75 Å². The Kier molecular flexibility index (Phi) is 4.16. The molecular formula is C19H20ClN3O. The summed E-state index contributed by atoms with van der Waals surface area (Å²) in [5, 5.41) is 3.56. The minimum Gasteiger partial charge on any atom is -0.496 e. The highest BCUT2D eigenvalue weighted by molar-refractivity contribution is 6.30. The third-order valence-corrected chi connectivity index (χ3v) is 4.43. The third-order valence-electron chi connectivity index (χ3n) is 4.19. The lowest BCUT2D eigenvalue weighted by Gasteiger charge is -2.34. The Bertz CT molecular complexity index is 807. The fourth-order valence-electron chi connectivity index (χ4n) is 3.08. The molecule has 5 heteroatoms. The van der Waals surface area contributed by atoms with Gasteiger partial charge in [0.25, 0.3) is 0 Å². The normalized spacial score (nSPS) is 16.0. The molecule has 0 atom stereocenters. The van der Waals surface area contributed by atoms with Crippen molar-refractivity contribution in [2.24, 2.45) is 11.5 Å². The van der Waals surface area contributed by atoms with Crippen molar-refractivity contribution in [3.63, 3.8) is 0 Å². The van der Waals surface area contributed by atoms with Gasteiger partial charge in [-0.1, -0.05) is 41.4 Å². The van der Waals surface area contributed by atoms with Crippen LogP contribution in [-0.4, -0.2) is 7.11 Å². The Labute approximate surface area is 146 Å². The molecule has 5 N–H and O–H groups in total. The van der Waals surface area contributed by atoms with Gasteiger partial charge in [0.05, 0.1) is 24.2 Å². The quantitative estimate of drug-likeness (QED) is 0.801. The molecule has 2 aromatic rings. The minimum atomic E-state index is -0.663. The van der Waals surface area contributed by atoms with E-state index in [2.05, 4.69) is 29.6 Å². The molecule has 0 spiro atoms. The van der Waals surface area contributed by atoms with Crippen molar-refractivity contribution >= 4 is 11.6 Å². The molecule has 0 amide bonds. The van der Waals surface area contributed by atoms with Gasteiger partial charge in [-0.15, -0.1) is 0 Å². The van der Waals surface area contributed by atoms with Gasteiger partial charge in [-0.05, 0) is 42.8 Å². The van der Waals surface area contributed by atoms with E-state index in [1.165, 1.54) is 5.56 Å².